The van der Waals surface area contributed by atoms with E-state index < -0.39 is 28.0 Å². The first-order valence-corrected chi connectivity index (χ1v) is 9.92. The molecule has 144 valence electrons. The summed E-state index contributed by atoms with van der Waals surface area (Å²) in [6.07, 6.45) is -1.04. The second-order valence-electron chi connectivity index (χ2n) is 6.17. The van der Waals surface area contributed by atoms with Crippen LogP contribution in [0, 0.1) is 0 Å². The summed E-state index contributed by atoms with van der Waals surface area (Å²) >= 11 is 0. The molecule has 0 unspecified atom stereocenters. The van der Waals surface area contributed by atoms with Crippen LogP contribution in [-0.4, -0.2) is 26.4 Å². The Morgan fingerprint density at radius 1 is 0.964 bits per heavy atom. The molecule has 3 aromatic rings. The van der Waals surface area contributed by atoms with Crippen molar-refractivity contribution in [2.75, 3.05) is 5.32 Å². The molecule has 1 atom stereocenters. The molecule has 0 aromatic heterocycles. The minimum absolute atomic E-state index is 0.0683. The van der Waals surface area contributed by atoms with Gasteiger partial charge in [0.15, 0.2) is 6.10 Å². The Hall–Kier alpha value is -3.23. The van der Waals surface area contributed by atoms with Crippen molar-refractivity contribution in [1.29, 1.82) is 0 Å². The van der Waals surface area contributed by atoms with Gasteiger partial charge in [-0.1, -0.05) is 30.3 Å². The molecule has 3 aromatic carbocycles. The summed E-state index contributed by atoms with van der Waals surface area (Å²) < 4.78 is 27.7. The van der Waals surface area contributed by atoms with Crippen molar-refractivity contribution in [3.63, 3.8) is 0 Å². The summed E-state index contributed by atoms with van der Waals surface area (Å²) in [5.41, 5.74) is 0.696. The van der Waals surface area contributed by atoms with Gasteiger partial charge < -0.3 is 10.1 Å². The van der Waals surface area contributed by atoms with Gasteiger partial charge in [-0.15, -0.1) is 0 Å². The minimum Gasteiger partial charge on any atom is -0.449 e. The topological polar surface area (TPSA) is 116 Å². The van der Waals surface area contributed by atoms with E-state index in [1.54, 1.807) is 12.1 Å². The van der Waals surface area contributed by atoms with Crippen LogP contribution >= 0.6 is 0 Å². The van der Waals surface area contributed by atoms with Crippen molar-refractivity contribution in [2.45, 2.75) is 17.9 Å². The van der Waals surface area contributed by atoms with Crippen LogP contribution in [0.2, 0.25) is 0 Å². The number of carbonyl (C=O) groups is 2. The molecule has 0 saturated carbocycles. The Morgan fingerprint density at radius 3 is 2.25 bits per heavy atom. The summed E-state index contributed by atoms with van der Waals surface area (Å²) in [5.74, 6) is -1.16. The summed E-state index contributed by atoms with van der Waals surface area (Å²) in [4.78, 5) is 24.5. The average molecular weight is 398 g/mol. The Morgan fingerprint density at radius 2 is 1.61 bits per heavy atom. The molecule has 8 heteroatoms. The quantitative estimate of drug-likeness (QED) is 0.641. The van der Waals surface area contributed by atoms with E-state index in [0.29, 0.717) is 11.3 Å². The van der Waals surface area contributed by atoms with Crippen LogP contribution in [-0.2, 0) is 19.6 Å². The van der Waals surface area contributed by atoms with Crippen molar-refractivity contribution < 1.29 is 22.7 Å². The predicted molar refractivity (Wildman–Crippen MR) is 105 cm³/mol. The molecule has 0 heterocycles. The fourth-order valence-corrected chi connectivity index (χ4v) is 3.09. The largest absolute Gasteiger partial charge is 0.449 e. The van der Waals surface area contributed by atoms with E-state index in [1.165, 1.54) is 31.2 Å². The van der Waals surface area contributed by atoms with Gasteiger partial charge in [0.1, 0.15) is 0 Å². The predicted octanol–water partition coefficient (Wildman–Crippen LogP) is 2.67. The van der Waals surface area contributed by atoms with Crippen LogP contribution in [0.1, 0.15) is 17.3 Å². The molecule has 0 aliphatic carbocycles. The lowest BCUT2D eigenvalue weighted by Crippen LogP contribution is -2.30. The maximum absolute atomic E-state index is 12.3. The number of nitrogens with one attached hydrogen (secondary N) is 1. The minimum atomic E-state index is -3.81. The van der Waals surface area contributed by atoms with Gasteiger partial charge in [-0.3, -0.25) is 4.79 Å². The van der Waals surface area contributed by atoms with E-state index in [2.05, 4.69) is 5.32 Å². The van der Waals surface area contributed by atoms with Gasteiger partial charge in [-0.25, -0.2) is 18.4 Å². The molecule has 28 heavy (non-hydrogen) atoms. The molecule has 0 spiro atoms. The first-order chi connectivity index (χ1) is 13.2. The highest BCUT2D eigenvalue weighted by Crippen LogP contribution is 2.17. The number of carbonyl (C=O) groups excluding carboxylic acids is 2. The first-order valence-electron chi connectivity index (χ1n) is 8.37. The van der Waals surface area contributed by atoms with Crippen LogP contribution in [0.25, 0.3) is 10.8 Å². The van der Waals surface area contributed by atoms with Crippen molar-refractivity contribution >= 4 is 38.4 Å². The number of ether oxygens (including phenoxy) is 1. The summed E-state index contributed by atoms with van der Waals surface area (Å²) in [6.45, 7) is 1.45. The highest BCUT2D eigenvalue weighted by molar-refractivity contribution is 7.89. The number of fused-ring (bicyclic) bond motifs is 1. The summed E-state index contributed by atoms with van der Waals surface area (Å²) in [5, 5.41) is 9.47. The van der Waals surface area contributed by atoms with Crippen molar-refractivity contribution in [3.05, 3.63) is 72.3 Å². The Kier molecular flexibility index (Phi) is 5.43. The number of anilines is 1. The number of hydrogen-bond donors (Lipinski definition) is 2. The smallest absolute Gasteiger partial charge is 0.338 e. The van der Waals surface area contributed by atoms with E-state index in [4.69, 9.17) is 9.88 Å². The number of benzene rings is 3. The number of nitrogens with two attached hydrogens (primary N) is 1. The Bertz CT molecular complexity index is 1140. The first kappa shape index (κ1) is 19.5. The second-order valence-corrected chi connectivity index (χ2v) is 7.73. The molecule has 1 amide bonds. The maximum atomic E-state index is 12.3. The number of sulfonamides is 1. The van der Waals surface area contributed by atoms with Gasteiger partial charge in [0.2, 0.25) is 10.0 Å². The number of hydrogen-bond acceptors (Lipinski definition) is 5. The number of primary sulfonamides is 1. The van der Waals surface area contributed by atoms with Crippen LogP contribution < -0.4 is 10.5 Å². The third-order valence-electron chi connectivity index (χ3n) is 4.09. The third-order valence-corrected chi connectivity index (χ3v) is 5.02. The van der Waals surface area contributed by atoms with Crippen LogP contribution in [0.15, 0.2) is 71.6 Å². The van der Waals surface area contributed by atoms with Gasteiger partial charge in [0.05, 0.1) is 10.5 Å². The molecule has 7 nitrogen and oxygen atoms in total. The number of esters is 1. The summed E-state index contributed by atoms with van der Waals surface area (Å²) in [7, 11) is -3.81. The average Bonchev–Trinajstić information content (AvgIpc) is 2.67. The zero-order valence-corrected chi connectivity index (χ0v) is 15.8. The Labute approximate surface area is 162 Å². The Balaban J connectivity index is 1.65. The molecule has 0 aliphatic rings. The second kappa shape index (κ2) is 7.79. The highest BCUT2D eigenvalue weighted by Gasteiger charge is 2.19. The molecule has 0 bridgehead atoms. The molecular weight excluding hydrogens is 380 g/mol. The van der Waals surface area contributed by atoms with E-state index in [1.807, 2.05) is 30.3 Å². The highest BCUT2D eigenvalue weighted by atomic mass is 32.2. The lowest BCUT2D eigenvalue weighted by Gasteiger charge is -2.14. The van der Waals surface area contributed by atoms with Gasteiger partial charge in [-0.05, 0) is 54.1 Å². The maximum Gasteiger partial charge on any atom is 0.338 e. The van der Waals surface area contributed by atoms with Gasteiger partial charge in [-0.2, -0.15) is 0 Å². The normalized spacial score (nSPS) is 12.4. The van der Waals surface area contributed by atoms with Crippen molar-refractivity contribution in [2.24, 2.45) is 5.14 Å². The van der Waals surface area contributed by atoms with Crippen LogP contribution in [0.4, 0.5) is 5.69 Å². The lowest BCUT2D eigenvalue weighted by atomic mass is 10.1. The van der Waals surface area contributed by atoms with E-state index in [9.17, 15) is 18.0 Å². The molecule has 3 N–H and O–H groups in total. The fraction of sp³-hybridized carbons (Fsp3) is 0.100. The monoisotopic (exact) mass is 398 g/mol. The van der Waals surface area contributed by atoms with Crippen LogP contribution in [0.5, 0.6) is 0 Å². The van der Waals surface area contributed by atoms with Gasteiger partial charge in [0, 0.05) is 5.69 Å². The number of rotatable bonds is 5. The SMILES string of the molecule is C[C@H](OC(=O)c1ccc2ccccc2c1)C(=O)Nc1ccc(S(N)(=O)=O)cc1. The van der Waals surface area contributed by atoms with Crippen molar-refractivity contribution in [1.82, 2.24) is 0 Å². The zero-order valence-electron chi connectivity index (χ0n) is 15.0. The van der Waals surface area contributed by atoms with E-state index >= 15 is 0 Å². The molecule has 0 saturated heterocycles. The zero-order chi connectivity index (χ0) is 20.3. The van der Waals surface area contributed by atoms with E-state index in [0.717, 1.165) is 10.8 Å². The summed E-state index contributed by atoms with van der Waals surface area (Å²) in [6, 6.07) is 18.1. The van der Waals surface area contributed by atoms with Gasteiger partial charge >= 0.3 is 5.97 Å². The third kappa shape index (κ3) is 4.54. The molecule has 0 fully saturated rings. The van der Waals surface area contributed by atoms with Gasteiger partial charge in [0.25, 0.3) is 5.91 Å². The standard InChI is InChI=1S/C20H18N2O5S/c1-13(19(23)22-17-8-10-18(11-9-17)28(21,25)26)27-20(24)16-7-6-14-4-2-3-5-15(14)12-16/h2-13H,1H3,(H,22,23)(H2,21,25,26)/t13-/m0/s1. The fourth-order valence-electron chi connectivity index (χ4n) is 2.57. The van der Waals surface area contributed by atoms with Crippen LogP contribution in [0.3, 0.4) is 0 Å². The lowest BCUT2D eigenvalue weighted by molar-refractivity contribution is -0.123. The number of amides is 1. The molecule has 0 aliphatic heterocycles. The van der Waals surface area contributed by atoms with E-state index in [-0.39, 0.29) is 4.90 Å². The molecule has 3 rings (SSSR count). The molecular formula is C20H18N2O5S. The molecule has 0 radical (unpaired) electrons. The van der Waals surface area contributed by atoms with Crippen molar-refractivity contribution in [3.8, 4) is 0 Å².